The largest absolute Gasteiger partial charge is 0.388 e. The van der Waals surface area contributed by atoms with Crippen molar-refractivity contribution in [2.75, 3.05) is 5.33 Å². The molecule has 0 aliphatic rings. The molecule has 0 heterocycles. The summed E-state index contributed by atoms with van der Waals surface area (Å²) < 4.78 is 0. The summed E-state index contributed by atoms with van der Waals surface area (Å²) in [6, 6.07) is 6.30. The van der Waals surface area contributed by atoms with E-state index in [4.69, 9.17) is 0 Å². The van der Waals surface area contributed by atoms with Crippen LogP contribution in [0.5, 0.6) is 0 Å². The van der Waals surface area contributed by atoms with Gasteiger partial charge in [0.05, 0.1) is 6.10 Å². The average molecular weight is 271 g/mol. The van der Waals surface area contributed by atoms with E-state index in [0.29, 0.717) is 5.33 Å². The summed E-state index contributed by atoms with van der Waals surface area (Å²) in [6.45, 7) is 8.64. The Labute approximate surface area is 101 Å². The number of hydrogen-bond donors (Lipinski definition) is 1. The molecule has 0 saturated heterocycles. The molecule has 0 aliphatic carbocycles. The highest BCUT2D eigenvalue weighted by molar-refractivity contribution is 9.09. The van der Waals surface area contributed by atoms with Crippen molar-refractivity contribution >= 4 is 15.9 Å². The molecule has 1 aromatic rings. The van der Waals surface area contributed by atoms with E-state index in [1.54, 1.807) is 0 Å². The Bertz CT molecular complexity index is 339. The summed E-state index contributed by atoms with van der Waals surface area (Å²) in [7, 11) is 0. The summed E-state index contributed by atoms with van der Waals surface area (Å²) in [5.74, 6) is 0. The molecule has 1 nitrogen and oxygen atoms in total. The topological polar surface area (TPSA) is 20.2 Å². The molecule has 0 amide bonds. The molecule has 84 valence electrons. The van der Waals surface area contributed by atoms with Crippen LogP contribution in [0.4, 0.5) is 0 Å². The number of hydrogen-bond acceptors (Lipinski definition) is 1. The van der Waals surface area contributed by atoms with E-state index in [1.165, 1.54) is 5.56 Å². The van der Waals surface area contributed by atoms with Crippen LogP contribution in [0, 0.1) is 6.92 Å². The number of aliphatic hydroxyl groups excluding tert-OH is 1. The fourth-order valence-electron chi connectivity index (χ4n) is 1.60. The van der Waals surface area contributed by atoms with E-state index < -0.39 is 6.10 Å². The van der Waals surface area contributed by atoms with Crippen molar-refractivity contribution in [2.45, 2.75) is 39.2 Å². The fraction of sp³-hybridized carbons (Fsp3) is 0.538. The van der Waals surface area contributed by atoms with Crippen molar-refractivity contribution in [1.82, 2.24) is 0 Å². The molecular weight excluding hydrogens is 252 g/mol. The van der Waals surface area contributed by atoms with Gasteiger partial charge in [-0.25, -0.2) is 0 Å². The molecule has 0 aromatic heterocycles. The summed E-state index contributed by atoms with van der Waals surface area (Å²) in [5, 5.41) is 10.3. The highest BCUT2D eigenvalue weighted by Crippen LogP contribution is 2.27. The van der Waals surface area contributed by atoms with Gasteiger partial charge in [0.2, 0.25) is 0 Å². The van der Waals surface area contributed by atoms with E-state index in [1.807, 2.05) is 6.07 Å². The van der Waals surface area contributed by atoms with Crippen LogP contribution >= 0.6 is 15.9 Å². The Morgan fingerprint density at radius 1 is 1.33 bits per heavy atom. The van der Waals surface area contributed by atoms with Crippen molar-refractivity contribution in [1.29, 1.82) is 0 Å². The molecule has 0 aliphatic heterocycles. The SMILES string of the molecule is Cc1cc(C(C)(C)C)ccc1C(O)CBr. The van der Waals surface area contributed by atoms with E-state index in [2.05, 4.69) is 55.8 Å². The van der Waals surface area contributed by atoms with Crippen LogP contribution in [0.3, 0.4) is 0 Å². The summed E-state index contributed by atoms with van der Waals surface area (Å²) in [4.78, 5) is 0. The lowest BCUT2D eigenvalue weighted by molar-refractivity contribution is 0.204. The number of benzene rings is 1. The summed E-state index contributed by atoms with van der Waals surface area (Å²) >= 11 is 3.29. The quantitative estimate of drug-likeness (QED) is 0.813. The number of halogens is 1. The maximum atomic E-state index is 9.76. The molecule has 1 aromatic carbocycles. The summed E-state index contributed by atoms with van der Waals surface area (Å²) in [5.41, 5.74) is 3.66. The molecule has 0 saturated carbocycles. The number of aliphatic hydroxyl groups is 1. The third-order valence-electron chi connectivity index (χ3n) is 2.64. The van der Waals surface area contributed by atoms with Gasteiger partial charge in [-0.3, -0.25) is 0 Å². The minimum absolute atomic E-state index is 0.169. The molecule has 0 radical (unpaired) electrons. The van der Waals surface area contributed by atoms with Crippen LogP contribution in [0.25, 0.3) is 0 Å². The minimum Gasteiger partial charge on any atom is -0.388 e. The number of rotatable bonds is 2. The van der Waals surface area contributed by atoms with Gasteiger partial charge in [0, 0.05) is 5.33 Å². The molecule has 0 bridgehead atoms. The van der Waals surface area contributed by atoms with E-state index in [9.17, 15) is 5.11 Å². The van der Waals surface area contributed by atoms with Crippen molar-refractivity contribution in [2.24, 2.45) is 0 Å². The number of alkyl halides is 1. The van der Waals surface area contributed by atoms with E-state index >= 15 is 0 Å². The molecular formula is C13H19BrO. The third kappa shape index (κ3) is 3.05. The van der Waals surface area contributed by atoms with Gasteiger partial charge in [-0.15, -0.1) is 0 Å². The molecule has 1 atom stereocenters. The lowest BCUT2D eigenvalue weighted by atomic mass is 9.85. The minimum atomic E-state index is -0.404. The van der Waals surface area contributed by atoms with Crippen LogP contribution in [-0.2, 0) is 5.41 Å². The van der Waals surface area contributed by atoms with Crippen molar-refractivity contribution in [3.05, 3.63) is 34.9 Å². The van der Waals surface area contributed by atoms with Crippen molar-refractivity contribution in [3.63, 3.8) is 0 Å². The predicted molar refractivity (Wildman–Crippen MR) is 68.6 cm³/mol. The van der Waals surface area contributed by atoms with Crippen LogP contribution in [0.1, 0.15) is 43.6 Å². The van der Waals surface area contributed by atoms with Gasteiger partial charge in [-0.05, 0) is 29.0 Å². The maximum Gasteiger partial charge on any atom is 0.0889 e. The zero-order valence-corrected chi connectivity index (χ0v) is 11.4. The highest BCUT2D eigenvalue weighted by atomic mass is 79.9. The summed E-state index contributed by atoms with van der Waals surface area (Å²) in [6.07, 6.45) is -0.404. The zero-order chi connectivity index (χ0) is 11.6. The second-order valence-electron chi connectivity index (χ2n) is 4.99. The van der Waals surface area contributed by atoms with Gasteiger partial charge in [0.15, 0.2) is 0 Å². The second kappa shape index (κ2) is 4.67. The smallest absolute Gasteiger partial charge is 0.0889 e. The molecule has 1 unspecified atom stereocenters. The normalized spacial score (nSPS) is 14.0. The first-order valence-corrected chi connectivity index (χ1v) is 6.33. The third-order valence-corrected chi connectivity index (χ3v) is 3.25. The lowest BCUT2D eigenvalue weighted by Crippen LogP contribution is -2.12. The molecule has 0 fully saturated rings. The van der Waals surface area contributed by atoms with Gasteiger partial charge in [-0.1, -0.05) is 54.9 Å². The van der Waals surface area contributed by atoms with Gasteiger partial charge in [-0.2, -0.15) is 0 Å². The highest BCUT2D eigenvalue weighted by Gasteiger charge is 2.16. The first-order chi connectivity index (χ1) is 6.86. The first-order valence-electron chi connectivity index (χ1n) is 5.21. The van der Waals surface area contributed by atoms with Crippen LogP contribution in [0.2, 0.25) is 0 Å². The van der Waals surface area contributed by atoms with Gasteiger partial charge >= 0.3 is 0 Å². The number of aryl methyl sites for hydroxylation is 1. The molecule has 0 spiro atoms. The van der Waals surface area contributed by atoms with Gasteiger partial charge < -0.3 is 5.11 Å². The monoisotopic (exact) mass is 270 g/mol. The molecule has 1 rings (SSSR count). The fourth-order valence-corrected chi connectivity index (χ4v) is 1.95. The van der Waals surface area contributed by atoms with Gasteiger partial charge in [0.25, 0.3) is 0 Å². The van der Waals surface area contributed by atoms with Crippen LogP contribution in [-0.4, -0.2) is 10.4 Å². The van der Waals surface area contributed by atoms with E-state index in [-0.39, 0.29) is 5.41 Å². The van der Waals surface area contributed by atoms with Crippen molar-refractivity contribution < 1.29 is 5.11 Å². The van der Waals surface area contributed by atoms with Crippen molar-refractivity contribution in [3.8, 4) is 0 Å². The Kier molecular flexibility index (Phi) is 3.96. The molecule has 2 heteroatoms. The predicted octanol–water partition coefficient (Wildman–Crippen LogP) is 3.72. The average Bonchev–Trinajstić information content (AvgIpc) is 2.15. The van der Waals surface area contributed by atoms with E-state index in [0.717, 1.165) is 11.1 Å². The molecule has 1 N–H and O–H groups in total. The Morgan fingerprint density at radius 3 is 2.33 bits per heavy atom. The van der Waals surface area contributed by atoms with Crippen LogP contribution < -0.4 is 0 Å². The first kappa shape index (κ1) is 12.7. The lowest BCUT2D eigenvalue weighted by Gasteiger charge is -2.21. The standard InChI is InChI=1S/C13H19BrO/c1-9-7-10(13(2,3)4)5-6-11(9)12(15)8-14/h5-7,12,15H,8H2,1-4H3. The Morgan fingerprint density at radius 2 is 1.93 bits per heavy atom. The van der Waals surface area contributed by atoms with Crippen LogP contribution in [0.15, 0.2) is 18.2 Å². The maximum absolute atomic E-state index is 9.76. The molecule has 15 heavy (non-hydrogen) atoms. The Balaban J connectivity index is 3.09. The van der Waals surface area contributed by atoms with Gasteiger partial charge in [0.1, 0.15) is 0 Å². The Hall–Kier alpha value is -0.340. The zero-order valence-electron chi connectivity index (χ0n) is 9.84. The second-order valence-corrected chi connectivity index (χ2v) is 5.64.